The van der Waals surface area contributed by atoms with Gasteiger partial charge in [0.05, 0.1) is 0 Å². The highest BCUT2D eigenvalue weighted by atomic mass is 127. The average Bonchev–Trinajstić information content (AvgIpc) is 1.65. The van der Waals surface area contributed by atoms with Crippen molar-refractivity contribution in [2.45, 2.75) is 25.6 Å². The van der Waals surface area contributed by atoms with Crippen molar-refractivity contribution in [2.24, 2.45) is 5.92 Å². The highest BCUT2D eigenvalue weighted by molar-refractivity contribution is 14.1. The molecule has 0 saturated heterocycles. The van der Waals surface area contributed by atoms with Crippen LogP contribution in [0.2, 0.25) is 0 Å². The molecule has 0 heterocycles. The predicted molar refractivity (Wildman–Crippen MR) is 48.0 cm³/mol. The summed E-state index contributed by atoms with van der Waals surface area (Å²) in [5, 5.41) is 0.347. The van der Waals surface area contributed by atoms with E-state index in [1.54, 1.807) is 0 Å². The maximum Gasteiger partial charge on any atom is 0.0310 e. The first kappa shape index (κ1) is 9.02. The van der Waals surface area contributed by atoms with Gasteiger partial charge in [-0.25, -0.2) is 0 Å². The van der Waals surface area contributed by atoms with Crippen molar-refractivity contribution < 1.29 is 0 Å². The minimum Gasteiger partial charge on any atom is -0.123 e. The van der Waals surface area contributed by atoms with Crippen molar-refractivity contribution in [1.82, 2.24) is 0 Å². The van der Waals surface area contributed by atoms with Gasteiger partial charge in [-0.2, -0.15) is 0 Å². The van der Waals surface area contributed by atoms with Gasteiger partial charge in [0.25, 0.3) is 0 Å². The van der Waals surface area contributed by atoms with Gasteiger partial charge < -0.3 is 0 Å². The summed E-state index contributed by atoms with van der Waals surface area (Å²) < 4.78 is 1.22. The molecule has 2 unspecified atom stereocenters. The van der Waals surface area contributed by atoms with Gasteiger partial charge in [0.2, 0.25) is 0 Å². The van der Waals surface area contributed by atoms with Gasteiger partial charge >= 0.3 is 0 Å². The summed E-state index contributed by atoms with van der Waals surface area (Å²) in [5.41, 5.74) is 0. The van der Waals surface area contributed by atoms with Gasteiger partial charge in [0.1, 0.15) is 0 Å². The molecule has 0 aromatic carbocycles. The number of alkyl halides is 2. The highest BCUT2D eigenvalue weighted by Crippen LogP contribution is 2.12. The number of rotatable bonds is 3. The molecule has 0 radical (unpaired) electrons. The second-order valence-corrected chi connectivity index (χ2v) is 3.90. The molecule has 0 aliphatic carbocycles. The Morgan fingerprint density at radius 3 is 2.12 bits per heavy atom. The molecule has 0 aliphatic rings. The van der Waals surface area contributed by atoms with Gasteiger partial charge in [-0.3, -0.25) is 0 Å². The Bertz CT molecular complexity index is 54.5. The van der Waals surface area contributed by atoms with Gasteiger partial charge in [0, 0.05) is 9.80 Å². The smallest absolute Gasteiger partial charge is 0.0310 e. The molecule has 2 heteroatoms. The van der Waals surface area contributed by atoms with E-state index in [-0.39, 0.29) is 0 Å². The van der Waals surface area contributed by atoms with Crippen LogP contribution in [0.15, 0.2) is 0 Å². The van der Waals surface area contributed by atoms with E-state index in [2.05, 4.69) is 29.5 Å². The van der Waals surface area contributed by atoms with Crippen LogP contribution in [-0.4, -0.2) is 9.80 Å². The SMILES string of the molecule is CC(Cl)CC(C)CI. The lowest BCUT2D eigenvalue weighted by Crippen LogP contribution is -2.02. The maximum absolute atomic E-state index is 5.75. The molecule has 0 fully saturated rings. The Balaban J connectivity index is 3.10. The van der Waals surface area contributed by atoms with Crippen molar-refractivity contribution in [3.05, 3.63) is 0 Å². The molecular formula is C6H12ClI. The molecule has 0 nitrogen and oxygen atoms in total. The second-order valence-electron chi connectivity index (χ2n) is 2.28. The number of halogens is 2. The monoisotopic (exact) mass is 246 g/mol. The first-order chi connectivity index (χ1) is 3.66. The molecule has 0 spiro atoms. The van der Waals surface area contributed by atoms with E-state index in [4.69, 9.17) is 11.6 Å². The van der Waals surface area contributed by atoms with Gasteiger partial charge in [-0.15, -0.1) is 11.6 Å². The molecule has 0 aromatic rings. The van der Waals surface area contributed by atoms with Crippen LogP contribution in [0.3, 0.4) is 0 Å². The molecule has 50 valence electrons. The Morgan fingerprint density at radius 1 is 1.50 bits per heavy atom. The van der Waals surface area contributed by atoms with Crippen LogP contribution in [0.5, 0.6) is 0 Å². The maximum atomic E-state index is 5.75. The molecule has 8 heavy (non-hydrogen) atoms. The molecule has 0 saturated carbocycles. The van der Waals surface area contributed by atoms with Gasteiger partial charge in [-0.05, 0) is 19.3 Å². The predicted octanol–water partition coefficient (Wildman–Crippen LogP) is 3.07. The van der Waals surface area contributed by atoms with Crippen LogP contribution < -0.4 is 0 Å². The summed E-state index contributed by atoms with van der Waals surface area (Å²) in [7, 11) is 0. The van der Waals surface area contributed by atoms with Crippen LogP contribution >= 0.6 is 34.2 Å². The minimum atomic E-state index is 0.347. The van der Waals surface area contributed by atoms with E-state index in [0.717, 1.165) is 12.3 Å². The van der Waals surface area contributed by atoms with E-state index in [0.29, 0.717) is 5.38 Å². The van der Waals surface area contributed by atoms with Gasteiger partial charge in [0.15, 0.2) is 0 Å². The molecule has 0 amide bonds. The summed E-state index contributed by atoms with van der Waals surface area (Å²) >= 11 is 8.14. The van der Waals surface area contributed by atoms with Crippen LogP contribution in [0.25, 0.3) is 0 Å². The lowest BCUT2D eigenvalue weighted by molar-refractivity contribution is 0.598. The van der Waals surface area contributed by atoms with Crippen molar-refractivity contribution in [2.75, 3.05) is 4.43 Å². The standard InChI is InChI=1S/C6H12ClI/c1-5(4-8)3-6(2)7/h5-6H,3-4H2,1-2H3. The van der Waals surface area contributed by atoms with E-state index in [9.17, 15) is 0 Å². The van der Waals surface area contributed by atoms with E-state index >= 15 is 0 Å². The molecule has 2 atom stereocenters. The third-order valence-corrected chi connectivity index (χ3v) is 2.67. The summed E-state index contributed by atoms with van der Waals surface area (Å²) in [4.78, 5) is 0. The summed E-state index contributed by atoms with van der Waals surface area (Å²) in [6.07, 6.45) is 1.14. The van der Waals surface area contributed by atoms with Crippen molar-refractivity contribution in [3.63, 3.8) is 0 Å². The molecule has 0 aromatic heterocycles. The second kappa shape index (κ2) is 4.86. The highest BCUT2D eigenvalue weighted by Gasteiger charge is 2.02. The van der Waals surface area contributed by atoms with Crippen molar-refractivity contribution in [1.29, 1.82) is 0 Å². The number of hydrogen-bond acceptors (Lipinski definition) is 0. The Labute approximate surface area is 70.1 Å². The van der Waals surface area contributed by atoms with Crippen molar-refractivity contribution in [3.8, 4) is 0 Å². The fourth-order valence-electron chi connectivity index (χ4n) is 0.617. The van der Waals surface area contributed by atoms with Crippen LogP contribution in [0.4, 0.5) is 0 Å². The molecule has 0 aliphatic heterocycles. The molecule has 0 rings (SSSR count). The van der Waals surface area contributed by atoms with Gasteiger partial charge in [-0.1, -0.05) is 29.5 Å². The normalized spacial score (nSPS) is 18.0. The van der Waals surface area contributed by atoms with Crippen LogP contribution in [0.1, 0.15) is 20.3 Å². The van der Waals surface area contributed by atoms with E-state index in [1.165, 1.54) is 4.43 Å². The van der Waals surface area contributed by atoms with Crippen molar-refractivity contribution >= 4 is 34.2 Å². The third-order valence-electron chi connectivity index (χ3n) is 0.991. The fourth-order valence-corrected chi connectivity index (χ4v) is 1.28. The quantitative estimate of drug-likeness (QED) is 0.530. The zero-order valence-electron chi connectivity index (χ0n) is 5.32. The first-order valence-electron chi connectivity index (χ1n) is 2.86. The minimum absolute atomic E-state index is 0.347. The molecule has 0 bridgehead atoms. The van der Waals surface area contributed by atoms with Crippen LogP contribution in [-0.2, 0) is 0 Å². The zero-order chi connectivity index (χ0) is 6.57. The van der Waals surface area contributed by atoms with E-state index < -0.39 is 0 Å². The largest absolute Gasteiger partial charge is 0.123 e. The summed E-state index contributed by atoms with van der Waals surface area (Å²) in [6, 6.07) is 0. The topological polar surface area (TPSA) is 0 Å². The Kier molecular flexibility index (Phi) is 5.48. The average molecular weight is 247 g/mol. The lowest BCUT2D eigenvalue weighted by atomic mass is 10.1. The Hall–Kier alpha value is 1.02. The summed E-state index contributed by atoms with van der Waals surface area (Å²) in [5.74, 6) is 0.781. The Morgan fingerprint density at radius 2 is 2.00 bits per heavy atom. The lowest BCUT2D eigenvalue weighted by Gasteiger charge is -2.07. The summed E-state index contributed by atoms with van der Waals surface area (Å²) in [6.45, 7) is 4.27. The third kappa shape index (κ3) is 5.16. The number of hydrogen-bond donors (Lipinski definition) is 0. The molecule has 0 N–H and O–H groups in total. The first-order valence-corrected chi connectivity index (χ1v) is 4.83. The van der Waals surface area contributed by atoms with Crippen LogP contribution in [0, 0.1) is 5.92 Å². The zero-order valence-corrected chi connectivity index (χ0v) is 8.24. The molecular weight excluding hydrogens is 234 g/mol. The van der Waals surface area contributed by atoms with E-state index in [1.807, 2.05) is 6.92 Å². The fraction of sp³-hybridized carbons (Fsp3) is 1.00.